The predicted octanol–water partition coefficient (Wildman–Crippen LogP) is 0.579. The van der Waals surface area contributed by atoms with E-state index in [0.717, 1.165) is 0 Å². The van der Waals surface area contributed by atoms with E-state index in [9.17, 15) is 14.4 Å². The molecule has 2 amide bonds. The molecule has 2 N–H and O–H groups in total. The number of nitrogens with zero attached hydrogens (tertiary/aromatic N) is 1. The number of nitrogens with two attached hydrogens (primary N) is 1. The summed E-state index contributed by atoms with van der Waals surface area (Å²) in [6.07, 6.45) is 1.57. The maximum Gasteiger partial charge on any atom is 0.337 e. The average Bonchev–Trinajstić information content (AvgIpc) is 2.29. The van der Waals surface area contributed by atoms with Gasteiger partial charge < -0.3 is 15.2 Å². The second kappa shape index (κ2) is 8.91. The highest BCUT2D eigenvalue weighted by Gasteiger charge is 2.04. The van der Waals surface area contributed by atoms with Crippen LogP contribution in [0.4, 0.5) is 4.79 Å². The molecule has 0 aromatic rings. The summed E-state index contributed by atoms with van der Waals surface area (Å²) in [7, 11) is 0. The smallest absolute Gasteiger partial charge is 0.337 e. The van der Waals surface area contributed by atoms with E-state index >= 15 is 0 Å². The Kier molecular flexibility index (Phi) is 7.83. The summed E-state index contributed by atoms with van der Waals surface area (Å²) < 4.78 is 9.46. The molecule has 7 heteroatoms. The van der Waals surface area contributed by atoms with Crippen molar-refractivity contribution in [2.75, 3.05) is 13.2 Å². The number of esters is 2. The van der Waals surface area contributed by atoms with Gasteiger partial charge in [-0.15, -0.1) is 0 Å². The molecule has 0 saturated heterocycles. The van der Waals surface area contributed by atoms with Crippen molar-refractivity contribution >= 4 is 24.2 Å². The van der Waals surface area contributed by atoms with Crippen molar-refractivity contribution in [2.45, 2.75) is 19.8 Å². The Balaban J connectivity index is 3.57. The number of aliphatic imine (C=N–C) groups is 1. The standard InChI is InChI=1S/C11H16N2O5/c1-8(2)10(15)18-7-6-17-9(14)4-3-5-13-11(12)16/h5H,1,3-4,6-7H2,2H3,(H2,12,16). The SMILES string of the molecule is C=C(C)C(=O)OCCOC(=O)CCC=NC(N)=O. The summed E-state index contributed by atoms with van der Waals surface area (Å²) in [5, 5.41) is 0. The fourth-order valence-electron chi connectivity index (χ4n) is 0.822. The van der Waals surface area contributed by atoms with Crippen LogP contribution in [-0.2, 0) is 19.1 Å². The summed E-state index contributed by atoms with van der Waals surface area (Å²) in [4.78, 5) is 35.5. The Morgan fingerprint density at radius 2 is 1.89 bits per heavy atom. The molecular weight excluding hydrogens is 240 g/mol. The number of hydrogen-bond donors (Lipinski definition) is 1. The summed E-state index contributed by atoms with van der Waals surface area (Å²) in [6.45, 7) is 4.87. The van der Waals surface area contributed by atoms with Crippen LogP contribution in [0.15, 0.2) is 17.1 Å². The van der Waals surface area contributed by atoms with E-state index in [0.29, 0.717) is 0 Å². The first-order valence-electron chi connectivity index (χ1n) is 5.23. The molecule has 0 aromatic heterocycles. The van der Waals surface area contributed by atoms with Crippen LogP contribution in [0.2, 0.25) is 0 Å². The molecular formula is C11H16N2O5. The molecule has 0 aromatic carbocycles. The third-order valence-electron chi connectivity index (χ3n) is 1.62. The van der Waals surface area contributed by atoms with Gasteiger partial charge in [0.15, 0.2) is 0 Å². The number of rotatable bonds is 7. The van der Waals surface area contributed by atoms with Gasteiger partial charge in [-0.3, -0.25) is 4.79 Å². The van der Waals surface area contributed by atoms with Gasteiger partial charge >= 0.3 is 18.0 Å². The normalized spacial score (nSPS) is 10.1. The lowest BCUT2D eigenvalue weighted by molar-refractivity contribution is -0.149. The van der Waals surface area contributed by atoms with Gasteiger partial charge in [-0.2, -0.15) is 0 Å². The largest absolute Gasteiger partial charge is 0.462 e. The molecule has 100 valence electrons. The van der Waals surface area contributed by atoms with E-state index in [1.54, 1.807) is 0 Å². The Labute approximate surface area is 105 Å². The van der Waals surface area contributed by atoms with Crippen LogP contribution in [0, 0.1) is 0 Å². The summed E-state index contributed by atoms with van der Waals surface area (Å²) in [6, 6.07) is -0.810. The molecule has 0 spiro atoms. The third-order valence-corrected chi connectivity index (χ3v) is 1.62. The fraction of sp³-hybridized carbons (Fsp3) is 0.455. The average molecular weight is 256 g/mol. The molecule has 0 aliphatic heterocycles. The van der Waals surface area contributed by atoms with Gasteiger partial charge in [0, 0.05) is 11.8 Å². The van der Waals surface area contributed by atoms with E-state index in [2.05, 4.69) is 11.6 Å². The van der Waals surface area contributed by atoms with Crippen LogP contribution < -0.4 is 5.73 Å². The third kappa shape index (κ3) is 9.08. The zero-order valence-corrected chi connectivity index (χ0v) is 10.2. The molecule has 0 saturated carbocycles. The quantitative estimate of drug-likeness (QED) is 0.310. The molecule has 0 fully saturated rings. The van der Waals surface area contributed by atoms with Crippen LogP contribution in [-0.4, -0.2) is 37.4 Å². The minimum absolute atomic E-state index is 0.0210. The second-order valence-corrected chi connectivity index (χ2v) is 3.33. The molecule has 0 aliphatic carbocycles. The van der Waals surface area contributed by atoms with E-state index in [4.69, 9.17) is 15.2 Å². The minimum atomic E-state index is -0.810. The van der Waals surface area contributed by atoms with Crippen molar-refractivity contribution in [3.63, 3.8) is 0 Å². The first-order chi connectivity index (χ1) is 8.43. The van der Waals surface area contributed by atoms with E-state index in [1.807, 2.05) is 0 Å². The number of ether oxygens (including phenoxy) is 2. The van der Waals surface area contributed by atoms with E-state index in [-0.39, 0.29) is 31.6 Å². The van der Waals surface area contributed by atoms with E-state index in [1.165, 1.54) is 13.1 Å². The van der Waals surface area contributed by atoms with Crippen LogP contribution in [0.5, 0.6) is 0 Å². The zero-order chi connectivity index (χ0) is 14.0. The van der Waals surface area contributed by atoms with Crippen molar-refractivity contribution in [1.82, 2.24) is 0 Å². The van der Waals surface area contributed by atoms with Crippen molar-refractivity contribution in [3.05, 3.63) is 12.2 Å². The molecule has 0 bridgehead atoms. The van der Waals surface area contributed by atoms with Gasteiger partial charge in [-0.1, -0.05) is 6.58 Å². The molecule has 7 nitrogen and oxygen atoms in total. The van der Waals surface area contributed by atoms with Crippen LogP contribution in [0.25, 0.3) is 0 Å². The lowest BCUT2D eigenvalue weighted by atomic mass is 10.3. The van der Waals surface area contributed by atoms with Crippen LogP contribution in [0.1, 0.15) is 19.8 Å². The van der Waals surface area contributed by atoms with E-state index < -0.39 is 18.0 Å². The minimum Gasteiger partial charge on any atom is -0.462 e. The molecule has 0 radical (unpaired) electrons. The van der Waals surface area contributed by atoms with Crippen LogP contribution in [0.3, 0.4) is 0 Å². The first-order valence-corrected chi connectivity index (χ1v) is 5.23. The summed E-state index contributed by atoms with van der Waals surface area (Å²) in [5.74, 6) is -1.00. The Morgan fingerprint density at radius 3 is 2.44 bits per heavy atom. The van der Waals surface area contributed by atoms with Gasteiger partial charge in [-0.25, -0.2) is 14.6 Å². The predicted molar refractivity (Wildman–Crippen MR) is 64.0 cm³/mol. The lowest BCUT2D eigenvalue weighted by Crippen LogP contribution is -2.14. The number of carbonyl (C=O) groups is 3. The second-order valence-electron chi connectivity index (χ2n) is 3.33. The fourth-order valence-corrected chi connectivity index (χ4v) is 0.822. The number of hydrogen-bond acceptors (Lipinski definition) is 5. The summed E-state index contributed by atoms with van der Waals surface area (Å²) >= 11 is 0. The monoisotopic (exact) mass is 256 g/mol. The van der Waals surface area contributed by atoms with Crippen molar-refractivity contribution < 1.29 is 23.9 Å². The highest BCUT2D eigenvalue weighted by atomic mass is 16.6. The molecule has 0 heterocycles. The molecule has 0 unspecified atom stereocenters. The number of primary amides is 1. The van der Waals surface area contributed by atoms with Crippen molar-refractivity contribution in [1.29, 1.82) is 0 Å². The molecule has 0 rings (SSSR count). The van der Waals surface area contributed by atoms with Crippen LogP contribution >= 0.6 is 0 Å². The maximum absolute atomic E-state index is 11.1. The topological polar surface area (TPSA) is 108 Å². The Morgan fingerprint density at radius 1 is 1.28 bits per heavy atom. The molecule has 18 heavy (non-hydrogen) atoms. The summed E-state index contributed by atoms with van der Waals surface area (Å²) in [5.41, 5.74) is 5.03. The van der Waals surface area contributed by atoms with Gasteiger partial charge in [0.2, 0.25) is 0 Å². The lowest BCUT2D eigenvalue weighted by Gasteiger charge is -2.05. The molecule has 0 atom stereocenters. The zero-order valence-electron chi connectivity index (χ0n) is 10.2. The van der Waals surface area contributed by atoms with Gasteiger partial charge in [0.1, 0.15) is 13.2 Å². The van der Waals surface area contributed by atoms with Gasteiger partial charge in [0.25, 0.3) is 0 Å². The first kappa shape index (κ1) is 15.8. The number of carbonyl (C=O) groups excluding carboxylic acids is 3. The van der Waals surface area contributed by atoms with Gasteiger partial charge in [0.05, 0.1) is 6.42 Å². The highest BCUT2D eigenvalue weighted by Crippen LogP contribution is 1.94. The number of urea groups is 1. The Bertz CT molecular complexity index is 362. The van der Waals surface area contributed by atoms with Gasteiger partial charge in [-0.05, 0) is 13.3 Å². The highest BCUT2D eigenvalue weighted by molar-refractivity contribution is 5.87. The Hall–Kier alpha value is -2.18. The molecule has 0 aliphatic rings. The van der Waals surface area contributed by atoms with Crippen molar-refractivity contribution in [3.8, 4) is 0 Å². The van der Waals surface area contributed by atoms with Crippen molar-refractivity contribution in [2.24, 2.45) is 10.7 Å². The maximum atomic E-state index is 11.1. The number of amides is 2.